The third-order valence-corrected chi connectivity index (χ3v) is 17.6. The van der Waals surface area contributed by atoms with Gasteiger partial charge in [0.05, 0.1) is 0 Å². The molecule has 0 saturated heterocycles. The van der Waals surface area contributed by atoms with Crippen molar-refractivity contribution in [3.63, 3.8) is 0 Å². The Morgan fingerprint density at radius 2 is 1.06 bits per heavy atom. The highest BCUT2D eigenvalue weighted by molar-refractivity contribution is 6.19. The summed E-state index contributed by atoms with van der Waals surface area (Å²) >= 11 is 0. The molecule has 16 rings (SSSR count). The van der Waals surface area contributed by atoms with Crippen LogP contribution < -0.4 is 4.90 Å². The minimum Gasteiger partial charge on any atom is -0.455 e. The normalized spacial score (nSPS) is 22.4. The van der Waals surface area contributed by atoms with Crippen molar-refractivity contribution in [2.24, 2.45) is 23.7 Å². The molecule has 0 N–H and O–H groups in total. The van der Waals surface area contributed by atoms with Gasteiger partial charge in [0.2, 0.25) is 0 Å². The second kappa shape index (κ2) is 13.7. The largest absolute Gasteiger partial charge is 0.455 e. The summed E-state index contributed by atoms with van der Waals surface area (Å²) in [5, 5.41) is 4.67. The highest BCUT2D eigenvalue weighted by atomic mass is 16.3. The van der Waals surface area contributed by atoms with Crippen LogP contribution in [0.5, 0.6) is 0 Å². The van der Waals surface area contributed by atoms with Gasteiger partial charge in [0.15, 0.2) is 0 Å². The van der Waals surface area contributed by atoms with Gasteiger partial charge in [0, 0.05) is 44.1 Å². The number of rotatable bonds is 5. The Balaban J connectivity index is 0.909. The molecule has 2 nitrogen and oxygen atoms in total. The van der Waals surface area contributed by atoms with E-state index in [0.717, 1.165) is 39.5 Å². The average Bonchev–Trinajstić information content (AvgIpc) is 3.98. The van der Waals surface area contributed by atoms with E-state index in [1.54, 1.807) is 11.1 Å². The highest BCUT2D eigenvalue weighted by Crippen LogP contribution is 2.69. The summed E-state index contributed by atoms with van der Waals surface area (Å²) in [4.78, 5) is 2.54. The maximum Gasteiger partial charge on any atom is 0.143 e. The first kappa shape index (κ1) is 38.0. The number of benzene rings is 9. The molecule has 0 unspecified atom stereocenters. The quantitative estimate of drug-likeness (QED) is 0.171. The van der Waals surface area contributed by atoms with E-state index in [0.29, 0.717) is 11.8 Å². The maximum absolute atomic E-state index is 6.65. The van der Waals surface area contributed by atoms with Gasteiger partial charge in [0.1, 0.15) is 11.2 Å². The van der Waals surface area contributed by atoms with Crippen molar-refractivity contribution in [1.29, 1.82) is 0 Å². The molecule has 0 atom stereocenters. The highest BCUT2D eigenvalue weighted by Gasteiger charge is 2.61. The van der Waals surface area contributed by atoms with Crippen LogP contribution in [0.3, 0.4) is 0 Å². The van der Waals surface area contributed by atoms with E-state index in [4.69, 9.17) is 4.42 Å². The standard InChI is InChI=1S/C65H51NO/c1-64(2)57-21-7-5-17-53(57)55-20-10-19-50(62(55)64)43-13-9-14-47(37-43)66(46-27-24-42(25-28-46)49-18-11-23-60-61(49)56-30-26-41-12-3-4-15-51(41)63(56)67-60)48-29-31-54-52-16-6-8-22-58(52)65(59(54)38-48)44-33-39-32-40(35-44)36-45(65)34-39/h3-31,37-40,44-45H,32-36H2,1-2H3. The van der Waals surface area contributed by atoms with Gasteiger partial charge < -0.3 is 9.32 Å². The number of furan rings is 1. The third kappa shape index (κ3) is 5.17. The number of nitrogens with zero attached hydrogens (tertiary/aromatic N) is 1. The van der Waals surface area contributed by atoms with Crippen LogP contribution in [-0.2, 0) is 10.8 Å². The molecule has 0 amide bonds. The zero-order valence-corrected chi connectivity index (χ0v) is 38.1. The van der Waals surface area contributed by atoms with E-state index in [9.17, 15) is 0 Å². The molecule has 4 fully saturated rings. The molecular formula is C65H51NO. The molecule has 1 heterocycles. The van der Waals surface area contributed by atoms with Crippen molar-refractivity contribution < 1.29 is 4.42 Å². The van der Waals surface area contributed by atoms with Crippen molar-refractivity contribution in [1.82, 2.24) is 0 Å². The monoisotopic (exact) mass is 861 g/mol. The summed E-state index contributed by atoms with van der Waals surface area (Å²) in [5.41, 5.74) is 21.9. The van der Waals surface area contributed by atoms with Crippen LogP contribution in [0, 0.1) is 23.7 Å². The van der Waals surface area contributed by atoms with Crippen molar-refractivity contribution in [2.75, 3.05) is 4.90 Å². The summed E-state index contributed by atoms with van der Waals surface area (Å²) in [6, 6.07) is 71.2. The second-order valence-corrected chi connectivity index (χ2v) is 21.2. The van der Waals surface area contributed by atoms with Crippen molar-refractivity contribution in [3.8, 4) is 44.5 Å². The van der Waals surface area contributed by atoms with Crippen LogP contribution in [0.4, 0.5) is 17.1 Å². The molecule has 2 heteroatoms. The first-order valence-electron chi connectivity index (χ1n) is 24.8. The maximum atomic E-state index is 6.65. The Hall–Kier alpha value is -7.16. The lowest BCUT2D eigenvalue weighted by Crippen LogP contribution is -2.55. The fraction of sp³-hybridized carbons (Fsp3) is 0.200. The van der Waals surface area contributed by atoms with E-state index < -0.39 is 0 Å². The van der Waals surface area contributed by atoms with Crippen LogP contribution in [0.15, 0.2) is 192 Å². The molecular weight excluding hydrogens is 811 g/mol. The van der Waals surface area contributed by atoms with Crippen LogP contribution in [-0.4, -0.2) is 0 Å². The van der Waals surface area contributed by atoms with Crippen LogP contribution in [0.25, 0.3) is 77.2 Å². The molecule has 322 valence electrons. The SMILES string of the molecule is CC1(C)c2ccccc2-c2cccc(-c3cccc(N(c4ccc(-c5cccc6oc7c8ccccc8ccc7c56)cc4)c4ccc5c(c4)C4(c6ccccc6-5)C5CC6CC(C5)CC4C6)c3)c21. The zero-order valence-electron chi connectivity index (χ0n) is 38.1. The first-order valence-corrected chi connectivity index (χ1v) is 24.8. The van der Waals surface area contributed by atoms with Gasteiger partial charge in [-0.15, -0.1) is 0 Å². The number of hydrogen-bond donors (Lipinski definition) is 0. The van der Waals surface area contributed by atoms with Crippen molar-refractivity contribution in [2.45, 2.75) is 56.8 Å². The summed E-state index contributed by atoms with van der Waals surface area (Å²) in [6.45, 7) is 4.80. The Morgan fingerprint density at radius 1 is 0.433 bits per heavy atom. The first-order chi connectivity index (χ1) is 32.9. The van der Waals surface area contributed by atoms with Crippen molar-refractivity contribution >= 4 is 49.8 Å². The number of hydrogen-bond acceptors (Lipinski definition) is 2. The minimum absolute atomic E-state index is 0.0787. The predicted molar refractivity (Wildman–Crippen MR) is 278 cm³/mol. The Bertz CT molecular complexity index is 3670. The van der Waals surface area contributed by atoms with Crippen LogP contribution >= 0.6 is 0 Å². The zero-order chi connectivity index (χ0) is 44.2. The number of fused-ring (bicyclic) bond motifs is 11. The van der Waals surface area contributed by atoms with Crippen LogP contribution in [0.1, 0.15) is 68.2 Å². The van der Waals surface area contributed by atoms with Gasteiger partial charge in [-0.3, -0.25) is 0 Å². The topological polar surface area (TPSA) is 16.4 Å². The van der Waals surface area contributed by atoms with E-state index in [1.807, 2.05) is 0 Å². The molecule has 1 spiro atoms. The van der Waals surface area contributed by atoms with Gasteiger partial charge >= 0.3 is 0 Å². The minimum atomic E-state index is -0.119. The molecule has 67 heavy (non-hydrogen) atoms. The molecule has 1 aromatic heterocycles. The summed E-state index contributed by atoms with van der Waals surface area (Å²) < 4.78 is 6.65. The molecule has 4 saturated carbocycles. The summed E-state index contributed by atoms with van der Waals surface area (Å²) in [6.07, 6.45) is 6.93. The van der Waals surface area contributed by atoms with Gasteiger partial charge in [0.25, 0.3) is 0 Å². The Labute approximate surface area is 392 Å². The van der Waals surface area contributed by atoms with E-state index in [-0.39, 0.29) is 10.8 Å². The smallest absolute Gasteiger partial charge is 0.143 e. The lowest BCUT2D eigenvalue weighted by molar-refractivity contribution is -0.0399. The molecule has 9 aromatic carbocycles. The summed E-state index contributed by atoms with van der Waals surface area (Å²) in [7, 11) is 0. The van der Waals surface area contributed by atoms with Gasteiger partial charge in [-0.25, -0.2) is 0 Å². The van der Waals surface area contributed by atoms with E-state index >= 15 is 0 Å². The van der Waals surface area contributed by atoms with Gasteiger partial charge in [-0.2, -0.15) is 0 Å². The molecule has 6 aliphatic rings. The van der Waals surface area contributed by atoms with Gasteiger partial charge in [-0.1, -0.05) is 153 Å². The predicted octanol–water partition coefficient (Wildman–Crippen LogP) is 17.6. The Morgan fingerprint density at radius 3 is 1.88 bits per heavy atom. The molecule has 6 aliphatic carbocycles. The third-order valence-electron chi connectivity index (χ3n) is 17.6. The van der Waals surface area contributed by atoms with E-state index in [1.165, 1.54) is 110 Å². The lowest BCUT2D eigenvalue weighted by atomic mass is 9.43. The fourth-order valence-electron chi connectivity index (χ4n) is 15.2. The molecule has 10 aromatic rings. The summed E-state index contributed by atoms with van der Waals surface area (Å²) in [5.74, 6) is 3.19. The second-order valence-electron chi connectivity index (χ2n) is 21.2. The molecule has 0 aliphatic heterocycles. The number of anilines is 3. The van der Waals surface area contributed by atoms with Crippen LogP contribution in [0.2, 0.25) is 0 Å². The van der Waals surface area contributed by atoms with Gasteiger partial charge in [-0.05, 0) is 176 Å². The van der Waals surface area contributed by atoms with Crippen molar-refractivity contribution in [3.05, 3.63) is 210 Å². The average molecular weight is 862 g/mol. The van der Waals surface area contributed by atoms with E-state index in [2.05, 4.69) is 207 Å². The fourth-order valence-corrected chi connectivity index (χ4v) is 15.2. The molecule has 0 radical (unpaired) electrons. The lowest BCUT2D eigenvalue weighted by Gasteiger charge is -2.61. The molecule has 4 bridgehead atoms. The Kier molecular flexibility index (Phi) is 7.77.